The number of nitrogens with zero attached hydrogens (tertiary/aromatic N) is 2. The fraction of sp³-hybridized carbons (Fsp3) is 0.300. The minimum Gasteiger partial charge on any atom is -0.444 e. The Bertz CT molecular complexity index is 1280. The maximum atomic E-state index is 13.8. The van der Waals surface area contributed by atoms with Crippen LogP contribution in [-0.4, -0.2) is 54.5 Å². The van der Waals surface area contributed by atoms with E-state index in [4.69, 9.17) is 14.2 Å². The van der Waals surface area contributed by atoms with Gasteiger partial charge >= 0.3 is 6.09 Å². The topological polar surface area (TPSA) is 51.2 Å². The van der Waals surface area contributed by atoms with Gasteiger partial charge in [0, 0.05) is 37.3 Å². The Morgan fingerprint density at radius 3 is 2.08 bits per heavy atom. The van der Waals surface area contributed by atoms with Gasteiger partial charge in [0.05, 0.1) is 19.3 Å². The van der Waals surface area contributed by atoms with Crippen molar-refractivity contribution in [2.45, 2.75) is 24.9 Å². The Balaban J connectivity index is 1.32. The van der Waals surface area contributed by atoms with Crippen molar-refractivity contribution in [1.29, 1.82) is 0 Å². The van der Waals surface area contributed by atoms with Gasteiger partial charge < -0.3 is 14.2 Å². The standard InChI is InChI=1S/C30H28F2N2O4/c31-24-10-6-22(7-11-24)28(23-8-12-25(32)13-9-23)33-18-26-27(19-33)34(15-14-30(26)37-16-17-38-30)29(35)36-20-21-4-2-1-3-5-21/h1-13,28H,14-20H2. The Morgan fingerprint density at radius 2 is 1.47 bits per heavy atom. The Kier molecular flexibility index (Phi) is 6.69. The summed E-state index contributed by atoms with van der Waals surface area (Å²) in [6.07, 6.45) is 0.0777. The molecule has 3 aromatic carbocycles. The van der Waals surface area contributed by atoms with Crippen molar-refractivity contribution in [3.8, 4) is 0 Å². The Labute approximate surface area is 220 Å². The number of fused-ring (bicyclic) bond motifs is 1. The van der Waals surface area contributed by atoms with Gasteiger partial charge in [-0.1, -0.05) is 54.6 Å². The van der Waals surface area contributed by atoms with Crippen LogP contribution >= 0.6 is 0 Å². The van der Waals surface area contributed by atoms with E-state index >= 15 is 0 Å². The van der Waals surface area contributed by atoms with Crippen molar-refractivity contribution >= 4 is 6.09 Å². The van der Waals surface area contributed by atoms with E-state index in [1.165, 1.54) is 24.3 Å². The predicted octanol–water partition coefficient (Wildman–Crippen LogP) is 5.41. The maximum absolute atomic E-state index is 13.8. The van der Waals surface area contributed by atoms with Crippen LogP contribution in [0.1, 0.15) is 29.2 Å². The molecule has 1 saturated heterocycles. The summed E-state index contributed by atoms with van der Waals surface area (Å²) in [4.78, 5) is 17.2. The van der Waals surface area contributed by atoms with E-state index in [1.54, 1.807) is 29.2 Å². The normalized spacial score (nSPS) is 18.9. The molecule has 1 spiro atoms. The highest BCUT2D eigenvalue weighted by molar-refractivity contribution is 5.71. The quantitative estimate of drug-likeness (QED) is 0.452. The van der Waals surface area contributed by atoms with Gasteiger partial charge in [0.15, 0.2) is 5.79 Å². The number of amides is 1. The van der Waals surface area contributed by atoms with E-state index in [1.807, 2.05) is 30.3 Å². The van der Waals surface area contributed by atoms with Crippen molar-refractivity contribution in [2.24, 2.45) is 0 Å². The van der Waals surface area contributed by atoms with Gasteiger partial charge in [-0.15, -0.1) is 0 Å². The molecule has 0 unspecified atom stereocenters. The summed E-state index contributed by atoms with van der Waals surface area (Å²) in [5.74, 6) is -1.54. The third-order valence-electron chi connectivity index (χ3n) is 7.43. The lowest BCUT2D eigenvalue weighted by molar-refractivity contribution is -0.140. The minimum atomic E-state index is -0.879. The van der Waals surface area contributed by atoms with Crippen LogP contribution in [0, 0.1) is 11.6 Å². The monoisotopic (exact) mass is 518 g/mol. The van der Waals surface area contributed by atoms with Gasteiger partial charge in [0.1, 0.15) is 18.2 Å². The summed E-state index contributed by atoms with van der Waals surface area (Å²) in [5, 5.41) is 0. The molecule has 6 rings (SSSR count). The SMILES string of the molecule is O=C(OCc1ccccc1)N1CCC2(OCCO2)C2=C1CN(C(c1ccc(F)cc1)c1ccc(F)cc1)C2. The second-order valence-corrected chi connectivity index (χ2v) is 9.73. The zero-order valence-electron chi connectivity index (χ0n) is 20.8. The average molecular weight is 519 g/mol. The molecule has 0 N–H and O–H groups in total. The minimum absolute atomic E-state index is 0.175. The molecule has 0 aliphatic carbocycles. The molecular formula is C30H28F2N2O4. The van der Waals surface area contributed by atoms with Crippen LogP contribution in [0.15, 0.2) is 90.1 Å². The van der Waals surface area contributed by atoms with Crippen LogP contribution in [0.5, 0.6) is 0 Å². The zero-order valence-corrected chi connectivity index (χ0v) is 20.8. The van der Waals surface area contributed by atoms with E-state index in [0.29, 0.717) is 39.3 Å². The fourth-order valence-corrected chi connectivity index (χ4v) is 5.63. The lowest BCUT2D eigenvalue weighted by Gasteiger charge is -2.38. The van der Waals surface area contributed by atoms with Gasteiger partial charge in [0.25, 0.3) is 0 Å². The Hall–Kier alpha value is -3.59. The molecule has 0 bridgehead atoms. The average Bonchev–Trinajstić information content (AvgIpc) is 3.59. The second-order valence-electron chi connectivity index (χ2n) is 9.73. The summed E-state index contributed by atoms with van der Waals surface area (Å²) in [6.45, 7) is 2.43. The van der Waals surface area contributed by atoms with Crippen LogP contribution in [-0.2, 0) is 20.8 Å². The molecule has 3 aliphatic heterocycles. The number of benzene rings is 3. The second kappa shape index (κ2) is 10.3. The first-order chi connectivity index (χ1) is 18.5. The number of halogens is 2. The van der Waals surface area contributed by atoms with E-state index in [2.05, 4.69) is 4.90 Å². The van der Waals surface area contributed by atoms with Crippen molar-refractivity contribution in [3.05, 3.63) is 118 Å². The highest BCUT2D eigenvalue weighted by atomic mass is 19.1. The first-order valence-electron chi connectivity index (χ1n) is 12.8. The van der Waals surface area contributed by atoms with Gasteiger partial charge in [-0.05, 0) is 41.0 Å². The molecule has 3 aliphatic rings. The van der Waals surface area contributed by atoms with E-state index in [0.717, 1.165) is 28.0 Å². The number of carbonyl (C=O) groups is 1. The van der Waals surface area contributed by atoms with Gasteiger partial charge in [0.2, 0.25) is 0 Å². The molecule has 0 atom stereocenters. The molecule has 0 aromatic heterocycles. The van der Waals surface area contributed by atoms with Crippen molar-refractivity contribution in [1.82, 2.24) is 9.80 Å². The zero-order chi connectivity index (χ0) is 26.1. The smallest absolute Gasteiger partial charge is 0.414 e. The number of hydrogen-bond donors (Lipinski definition) is 0. The molecule has 8 heteroatoms. The van der Waals surface area contributed by atoms with Crippen LogP contribution in [0.3, 0.4) is 0 Å². The van der Waals surface area contributed by atoms with Crippen LogP contribution in [0.25, 0.3) is 0 Å². The van der Waals surface area contributed by atoms with Crippen LogP contribution < -0.4 is 0 Å². The molecule has 3 heterocycles. The molecule has 6 nitrogen and oxygen atoms in total. The van der Waals surface area contributed by atoms with Crippen molar-refractivity contribution in [3.63, 3.8) is 0 Å². The summed E-state index contributed by atoms with van der Waals surface area (Å²) in [5.41, 5.74) is 4.32. The molecular weight excluding hydrogens is 490 g/mol. The molecule has 1 fully saturated rings. The summed E-state index contributed by atoms with van der Waals surface area (Å²) in [6, 6.07) is 21.9. The highest BCUT2D eigenvalue weighted by Gasteiger charge is 2.51. The van der Waals surface area contributed by atoms with E-state index in [-0.39, 0.29) is 24.3 Å². The van der Waals surface area contributed by atoms with Gasteiger partial charge in [-0.2, -0.15) is 0 Å². The largest absolute Gasteiger partial charge is 0.444 e. The highest BCUT2D eigenvalue weighted by Crippen LogP contribution is 2.45. The van der Waals surface area contributed by atoms with Gasteiger partial charge in [-0.25, -0.2) is 13.6 Å². The third-order valence-corrected chi connectivity index (χ3v) is 7.43. The molecule has 0 saturated carbocycles. The summed E-state index contributed by atoms with van der Waals surface area (Å²) in [7, 11) is 0. The fourth-order valence-electron chi connectivity index (χ4n) is 5.63. The summed E-state index contributed by atoms with van der Waals surface area (Å²) >= 11 is 0. The number of hydrogen-bond acceptors (Lipinski definition) is 5. The number of rotatable bonds is 5. The van der Waals surface area contributed by atoms with E-state index < -0.39 is 11.9 Å². The van der Waals surface area contributed by atoms with Crippen LogP contribution in [0.4, 0.5) is 13.6 Å². The first-order valence-corrected chi connectivity index (χ1v) is 12.8. The van der Waals surface area contributed by atoms with Crippen LogP contribution in [0.2, 0.25) is 0 Å². The number of carbonyl (C=O) groups excluding carboxylic acids is 1. The van der Waals surface area contributed by atoms with Crippen molar-refractivity contribution < 1.29 is 27.8 Å². The molecule has 3 aromatic rings. The predicted molar refractivity (Wildman–Crippen MR) is 136 cm³/mol. The van der Waals surface area contributed by atoms with Crippen molar-refractivity contribution in [2.75, 3.05) is 32.8 Å². The lowest BCUT2D eigenvalue weighted by Crippen LogP contribution is -2.46. The molecule has 1 amide bonds. The molecule has 196 valence electrons. The third kappa shape index (κ3) is 4.71. The molecule has 38 heavy (non-hydrogen) atoms. The van der Waals surface area contributed by atoms with E-state index in [9.17, 15) is 13.6 Å². The molecule has 0 radical (unpaired) electrons. The number of ether oxygens (including phenoxy) is 3. The van der Waals surface area contributed by atoms with Gasteiger partial charge in [-0.3, -0.25) is 9.80 Å². The Morgan fingerprint density at radius 1 is 0.868 bits per heavy atom. The first kappa shape index (κ1) is 24.7. The maximum Gasteiger partial charge on any atom is 0.414 e. The lowest BCUT2D eigenvalue weighted by atomic mass is 9.95. The summed E-state index contributed by atoms with van der Waals surface area (Å²) < 4.78 is 45.6.